The van der Waals surface area contributed by atoms with Crippen LogP contribution in [0.5, 0.6) is 0 Å². The van der Waals surface area contributed by atoms with Crippen LogP contribution in [0.3, 0.4) is 0 Å². The number of nitrogens with one attached hydrogen (secondary N) is 2. The third kappa shape index (κ3) is 3.75. The third-order valence-electron chi connectivity index (χ3n) is 3.13. The molecule has 2 N–H and O–H groups in total. The molecule has 2 unspecified atom stereocenters. The second kappa shape index (κ2) is 5.87. The van der Waals surface area contributed by atoms with E-state index in [9.17, 15) is 12.8 Å². The highest BCUT2D eigenvalue weighted by molar-refractivity contribution is 9.10. The zero-order valence-corrected chi connectivity index (χ0v) is 12.9. The summed E-state index contributed by atoms with van der Waals surface area (Å²) in [4.78, 5) is 0.0695. The second-order valence-electron chi connectivity index (χ2n) is 4.77. The molecule has 1 saturated heterocycles. The summed E-state index contributed by atoms with van der Waals surface area (Å²) >= 11 is 3.09. The van der Waals surface area contributed by atoms with E-state index in [1.165, 1.54) is 6.07 Å². The maximum atomic E-state index is 13.0. The highest BCUT2D eigenvalue weighted by atomic mass is 79.9. The van der Waals surface area contributed by atoms with Crippen LogP contribution in [0.1, 0.15) is 19.8 Å². The summed E-state index contributed by atoms with van der Waals surface area (Å²) in [5, 5.41) is 3.26. The van der Waals surface area contributed by atoms with Crippen LogP contribution in [0.4, 0.5) is 4.39 Å². The van der Waals surface area contributed by atoms with Gasteiger partial charge in [-0.15, -0.1) is 0 Å². The normalized spacial score (nSPS) is 24.4. The SMILES string of the molecule is CC1CC(NS(=O)(=O)c2ccc(F)cc2Br)CCN1. The molecule has 1 fully saturated rings. The second-order valence-corrected chi connectivity index (χ2v) is 7.31. The summed E-state index contributed by atoms with van der Waals surface area (Å²) in [7, 11) is -3.62. The minimum Gasteiger partial charge on any atom is -0.314 e. The summed E-state index contributed by atoms with van der Waals surface area (Å²) in [5.41, 5.74) is 0. The molecule has 0 amide bonds. The molecule has 4 nitrogen and oxygen atoms in total. The van der Waals surface area contributed by atoms with Gasteiger partial charge >= 0.3 is 0 Å². The van der Waals surface area contributed by atoms with Crippen LogP contribution in [-0.2, 0) is 10.0 Å². The summed E-state index contributed by atoms with van der Waals surface area (Å²) in [6.45, 7) is 2.81. The minimum atomic E-state index is -3.62. The van der Waals surface area contributed by atoms with Gasteiger partial charge in [0.2, 0.25) is 10.0 Å². The van der Waals surface area contributed by atoms with Crippen molar-refractivity contribution in [3.8, 4) is 0 Å². The van der Waals surface area contributed by atoms with Gasteiger partial charge in [-0.2, -0.15) is 0 Å². The molecule has 1 aliphatic heterocycles. The average molecular weight is 351 g/mol. The Hall–Kier alpha value is -0.500. The van der Waals surface area contributed by atoms with E-state index >= 15 is 0 Å². The smallest absolute Gasteiger partial charge is 0.241 e. The molecule has 19 heavy (non-hydrogen) atoms. The van der Waals surface area contributed by atoms with Crippen LogP contribution in [0.15, 0.2) is 27.6 Å². The summed E-state index contributed by atoms with van der Waals surface area (Å²) < 4.78 is 40.4. The van der Waals surface area contributed by atoms with Gasteiger partial charge in [-0.25, -0.2) is 17.5 Å². The standard InChI is InChI=1S/C12H16BrFN2O2S/c1-8-6-10(4-5-15-8)16-19(17,18)12-3-2-9(14)7-11(12)13/h2-3,7-8,10,15-16H,4-6H2,1H3. The topological polar surface area (TPSA) is 58.2 Å². The Labute approximate surface area is 121 Å². The van der Waals surface area contributed by atoms with Gasteiger partial charge in [0.1, 0.15) is 5.82 Å². The van der Waals surface area contributed by atoms with Crippen LogP contribution in [0.25, 0.3) is 0 Å². The van der Waals surface area contributed by atoms with Crippen LogP contribution in [0.2, 0.25) is 0 Å². The fourth-order valence-corrected chi connectivity index (χ4v) is 4.55. The van der Waals surface area contributed by atoms with Crippen molar-refractivity contribution < 1.29 is 12.8 Å². The number of halogens is 2. The molecular formula is C12H16BrFN2O2S. The molecule has 2 atom stereocenters. The van der Waals surface area contributed by atoms with Crippen molar-refractivity contribution in [3.63, 3.8) is 0 Å². The largest absolute Gasteiger partial charge is 0.314 e. The lowest BCUT2D eigenvalue weighted by Gasteiger charge is -2.28. The lowest BCUT2D eigenvalue weighted by atomic mass is 10.0. The van der Waals surface area contributed by atoms with Gasteiger partial charge in [-0.1, -0.05) is 0 Å². The minimum absolute atomic E-state index is 0.0695. The Balaban J connectivity index is 2.18. The zero-order chi connectivity index (χ0) is 14.0. The first kappa shape index (κ1) is 14.9. The molecule has 0 aliphatic carbocycles. The lowest BCUT2D eigenvalue weighted by molar-refractivity contribution is 0.361. The number of benzene rings is 1. The van der Waals surface area contributed by atoms with Crippen LogP contribution < -0.4 is 10.0 Å². The number of rotatable bonds is 3. The van der Waals surface area contributed by atoms with Crippen LogP contribution in [0, 0.1) is 5.82 Å². The van der Waals surface area contributed by atoms with Crippen molar-refractivity contribution in [1.29, 1.82) is 0 Å². The molecule has 1 aromatic carbocycles. The highest BCUT2D eigenvalue weighted by Gasteiger charge is 2.25. The Morgan fingerprint density at radius 3 is 2.84 bits per heavy atom. The van der Waals surface area contributed by atoms with Gasteiger partial charge in [-0.05, 0) is 60.4 Å². The molecule has 7 heteroatoms. The molecule has 2 rings (SSSR count). The predicted octanol–water partition coefficient (Wildman–Crippen LogP) is 2.01. The van der Waals surface area contributed by atoms with Gasteiger partial charge in [0.15, 0.2) is 0 Å². The van der Waals surface area contributed by atoms with Crippen LogP contribution >= 0.6 is 15.9 Å². The maximum Gasteiger partial charge on any atom is 0.241 e. The predicted molar refractivity (Wildman–Crippen MR) is 74.9 cm³/mol. The van der Waals surface area contributed by atoms with Crippen molar-refractivity contribution in [2.45, 2.75) is 36.7 Å². The van der Waals surface area contributed by atoms with E-state index in [2.05, 4.69) is 26.0 Å². The molecule has 0 bridgehead atoms. The van der Waals surface area contributed by atoms with Gasteiger partial charge in [0, 0.05) is 16.6 Å². The summed E-state index contributed by atoms with van der Waals surface area (Å²) in [6, 6.07) is 3.77. The van der Waals surface area contributed by atoms with Gasteiger partial charge in [0.05, 0.1) is 4.90 Å². The summed E-state index contributed by atoms with van der Waals surface area (Å²) in [5.74, 6) is -0.471. The van der Waals surface area contributed by atoms with Crippen molar-refractivity contribution in [2.75, 3.05) is 6.54 Å². The molecule has 0 aromatic heterocycles. The fourth-order valence-electron chi connectivity index (χ4n) is 2.22. The number of piperidine rings is 1. The van der Waals surface area contributed by atoms with E-state index in [1.807, 2.05) is 6.92 Å². The van der Waals surface area contributed by atoms with E-state index in [4.69, 9.17) is 0 Å². The molecule has 0 saturated carbocycles. The van der Waals surface area contributed by atoms with E-state index < -0.39 is 15.8 Å². The monoisotopic (exact) mass is 350 g/mol. The molecular weight excluding hydrogens is 335 g/mol. The first-order valence-corrected chi connectivity index (χ1v) is 8.37. The average Bonchev–Trinajstić information content (AvgIpc) is 2.27. The maximum absolute atomic E-state index is 13.0. The first-order chi connectivity index (χ1) is 8.88. The Bertz CT molecular complexity index is 565. The number of hydrogen-bond donors (Lipinski definition) is 2. The summed E-state index contributed by atoms with van der Waals surface area (Å²) in [6.07, 6.45) is 1.50. The van der Waals surface area contributed by atoms with E-state index in [0.717, 1.165) is 31.5 Å². The molecule has 0 radical (unpaired) electrons. The molecule has 1 aromatic rings. The number of hydrogen-bond acceptors (Lipinski definition) is 3. The highest BCUT2D eigenvalue weighted by Crippen LogP contribution is 2.23. The first-order valence-electron chi connectivity index (χ1n) is 6.09. The Morgan fingerprint density at radius 2 is 2.21 bits per heavy atom. The molecule has 1 heterocycles. The third-order valence-corrected chi connectivity index (χ3v) is 5.63. The van der Waals surface area contributed by atoms with Crippen LogP contribution in [-0.4, -0.2) is 27.0 Å². The van der Waals surface area contributed by atoms with Crippen molar-refractivity contribution >= 4 is 26.0 Å². The van der Waals surface area contributed by atoms with Gasteiger partial charge < -0.3 is 5.32 Å². The van der Waals surface area contributed by atoms with Crippen molar-refractivity contribution in [2.24, 2.45) is 0 Å². The van der Waals surface area contributed by atoms with Crippen molar-refractivity contribution in [3.05, 3.63) is 28.5 Å². The molecule has 1 aliphatic rings. The molecule has 106 valence electrons. The fraction of sp³-hybridized carbons (Fsp3) is 0.500. The van der Waals surface area contributed by atoms with E-state index in [0.29, 0.717) is 0 Å². The molecule has 0 spiro atoms. The van der Waals surface area contributed by atoms with Crippen molar-refractivity contribution in [1.82, 2.24) is 10.0 Å². The van der Waals surface area contributed by atoms with Gasteiger partial charge in [-0.3, -0.25) is 0 Å². The van der Waals surface area contributed by atoms with E-state index in [1.54, 1.807) is 0 Å². The van der Waals surface area contributed by atoms with Gasteiger partial charge in [0.25, 0.3) is 0 Å². The number of sulfonamides is 1. The zero-order valence-electron chi connectivity index (χ0n) is 10.5. The quantitative estimate of drug-likeness (QED) is 0.876. The lowest BCUT2D eigenvalue weighted by Crippen LogP contribution is -2.46. The Kier molecular flexibility index (Phi) is 4.60. The Morgan fingerprint density at radius 1 is 1.47 bits per heavy atom. The van der Waals surface area contributed by atoms with E-state index in [-0.39, 0.29) is 21.5 Å².